The third-order valence-electron chi connectivity index (χ3n) is 5.00. The van der Waals surface area contributed by atoms with Crippen LogP contribution in [0.5, 0.6) is 11.5 Å². The molecule has 0 unspecified atom stereocenters. The third-order valence-corrected chi connectivity index (χ3v) is 5.54. The summed E-state index contributed by atoms with van der Waals surface area (Å²) in [5.41, 5.74) is 2.83. The van der Waals surface area contributed by atoms with Crippen molar-refractivity contribution in [1.82, 2.24) is 9.55 Å². The van der Waals surface area contributed by atoms with Crippen LogP contribution in [0.4, 0.5) is 0 Å². The van der Waals surface area contributed by atoms with E-state index in [1.165, 1.54) is 12.1 Å². The summed E-state index contributed by atoms with van der Waals surface area (Å²) in [7, 11) is 0. The van der Waals surface area contributed by atoms with Crippen molar-refractivity contribution in [2.24, 2.45) is 0 Å². The van der Waals surface area contributed by atoms with Gasteiger partial charge in [-0.2, -0.15) is 0 Å². The highest BCUT2D eigenvalue weighted by Gasteiger charge is 2.10. The summed E-state index contributed by atoms with van der Waals surface area (Å²) in [5, 5.41) is 10.1. The molecule has 0 aliphatic heterocycles. The Hall–Kier alpha value is -3.54. The van der Waals surface area contributed by atoms with Gasteiger partial charge < -0.3 is 14.4 Å². The maximum atomic E-state index is 10.9. The molecule has 1 N–H and O–H groups in total. The van der Waals surface area contributed by atoms with Crippen molar-refractivity contribution in [3.8, 4) is 22.8 Å². The van der Waals surface area contributed by atoms with Crippen LogP contribution in [0.1, 0.15) is 28.7 Å². The predicted molar refractivity (Wildman–Crippen MR) is 132 cm³/mol. The fourth-order valence-electron chi connectivity index (χ4n) is 3.26. The molecule has 5 nitrogen and oxygen atoms in total. The van der Waals surface area contributed by atoms with E-state index in [1.807, 2.05) is 48.7 Å². The van der Waals surface area contributed by atoms with Crippen molar-refractivity contribution in [1.29, 1.82) is 0 Å². The Bertz CT molecular complexity index is 1310. The van der Waals surface area contributed by atoms with Crippen LogP contribution in [-0.2, 0) is 6.54 Å². The van der Waals surface area contributed by atoms with Crippen molar-refractivity contribution in [2.45, 2.75) is 13.5 Å². The van der Waals surface area contributed by atoms with Crippen LogP contribution in [-0.4, -0.2) is 20.6 Å². The van der Waals surface area contributed by atoms with Gasteiger partial charge >= 0.3 is 5.97 Å². The number of halogens is 2. The van der Waals surface area contributed by atoms with Crippen LogP contribution in [0.25, 0.3) is 23.4 Å². The summed E-state index contributed by atoms with van der Waals surface area (Å²) < 4.78 is 7.83. The van der Waals surface area contributed by atoms with Crippen molar-refractivity contribution in [3.63, 3.8) is 0 Å². The van der Waals surface area contributed by atoms with Crippen molar-refractivity contribution < 1.29 is 14.6 Å². The molecule has 4 aromatic rings. The first-order chi connectivity index (χ1) is 15.9. The average molecular weight is 479 g/mol. The average Bonchev–Trinajstić information content (AvgIpc) is 3.22. The zero-order chi connectivity index (χ0) is 23.4. The Morgan fingerprint density at radius 1 is 1.00 bits per heavy atom. The molecular formula is C26H20Cl2N2O3. The minimum absolute atomic E-state index is 0.217. The first-order valence-corrected chi connectivity index (χ1v) is 11.0. The zero-order valence-electron chi connectivity index (χ0n) is 17.7. The second kappa shape index (κ2) is 9.94. The number of hydrogen-bond acceptors (Lipinski definition) is 3. The molecular weight excluding hydrogens is 459 g/mol. The lowest BCUT2D eigenvalue weighted by molar-refractivity contribution is 0.0697. The van der Waals surface area contributed by atoms with Crippen LogP contribution >= 0.6 is 23.2 Å². The summed E-state index contributed by atoms with van der Waals surface area (Å²) in [6.45, 7) is 2.83. The van der Waals surface area contributed by atoms with Gasteiger partial charge in [-0.1, -0.05) is 41.4 Å². The minimum Gasteiger partial charge on any atom is -0.478 e. The summed E-state index contributed by atoms with van der Waals surface area (Å²) in [5.74, 6) is 1.08. The highest BCUT2D eigenvalue weighted by Crippen LogP contribution is 2.30. The number of ether oxygens (including phenoxy) is 1. The summed E-state index contributed by atoms with van der Waals surface area (Å²) in [6, 6.07) is 19.3. The largest absolute Gasteiger partial charge is 0.478 e. The highest BCUT2D eigenvalue weighted by atomic mass is 35.5. The molecule has 0 saturated heterocycles. The Kier molecular flexibility index (Phi) is 6.82. The number of aryl methyl sites for hydroxylation is 1. The molecule has 0 bridgehead atoms. The van der Waals surface area contributed by atoms with Gasteiger partial charge in [0.25, 0.3) is 0 Å². The van der Waals surface area contributed by atoms with E-state index in [0.717, 1.165) is 29.2 Å². The van der Waals surface area contributed by atoms with E-state index < -0.39 is 5.97 Å². The second-order valence-corrected chi connectivity index (χ2v) is 8.07. The Labute approximate surface area is 201 Å². The van der Waals surface area contributed by atoms with Gasteiger partial charge in [-0.25, -0.2) is 9.78 Å². The van der Waals surface area contributed by atoms with E-state index in [2.05, 4.69) is 11.5 Å². The molecule has 1 heterocycles. The molecule has 4 rings (SSSR count). The van der Waals surface area contributed by atoms with Crippen molar-refractivity contribution in [3.05, 3.63) is 99.9 Å². The van der Waals surface area contributed by atoms with Crippen molar-refractivity contribution >= 4 is 41.3 Å². The van der Waals surface area contributed by atoms with Crippen LogP contribution in [0.3, 0.4) is 0 Å². The van der Waals surface area contributed by atoms with E-state index in [9.17, 15) is 4.79 Å². The molecule has 0 amide bonds. The van der Waals surface area contributed by atoms with Crippen molar-refractivity contribution in [2.75, 3.05) is 0 Å². The number of imidazole rings is 1. The van der Waals surface area contributed by atoms with Crippen LogP contribution in [0.2, 0.25) is 10.0 Å². The van der Waals surface area contributed by atoms with Gasteiger partial charge in [0, 0.05) is 23.3 Å². The quantitative estimate of drug-likeness (QED) is 0.298. The molecule has 0 saturated carbocycles. The normalized spacial score (nSPS) is 11.1. The number of hydrogen-bond donors (Lipinski definition) is 1. The van der Waals surface area contributed by atoms with Gasteiger partial charge in [-0.15, -0.1) is 0 Å². The molecule has 0 radical (unpaired) electrons. The smallest absolute Gasteiger partial charge is 0.335 e. The number of nitrogens with zero attached hydrogens (tertiary/aromatic N) is 2. The SMILES string of the molecule is CCn1cc(-c2ccc(Cl)cc2Cl)nc1/C=C/c1ccc(Oc2ccc(C(=O)O)cc2)cc1. The number of benzene rings is 3. The topological polar surface area (TPSA) is 64.4 Å². The Morgan fingerprint density at radius 3 is 2.27 bits per heavy atom. The third kappa shape index (κ3) is 5.45. The van der Waals surface area contributed by atoms with Gasteiger partial charge in [-0.05, 0) is 73.2 Å². The number of carboxylic acid groups (broad SMARTS) is 1. The van der Waals surface area contributed by atoms with Gasteiger partial charge in [0.15, 0.2) is 0 Å². The summed E-state index contributed by atoms with van der Waals surface area (Å²) in [4.78, 5) is 15.7. The molecule has 0 spiro atoms. The first kappa shape index (κ1) is 22.6. The molecule has 0 aliphatic carbocycles. The van der Waals surface area contributed by atoms with Gasteiger partial charge in [-0.3, -0.25) is 0 Å². The number of aromatic nitrogens is 2. The molecule has 1 aromatic heterocycles. The predicted octanol–water partition coefficient (Wildman–Crippen LogP) is 7.54. The van der Waals surface area contributed by atoms with Gasteiger partial charge in [0.1, 0.15) is 17.3 Å². The number of aromatic carboxylic acids is 1. The Balaban J connectivity index is 1.48. The standard InChI is InChI=1S/C26H20Cl2N2O3/c1-2-30-16-24(22-13-8-19(27)15-23(22)28)29-25(30)14-5-17-3-9-20(10-4-17)33-21-11-6-18(7-12-21)26(31)32/h3-16H,2H2,1H3,(H,31,32)/b14-5+. The number of carbonyl (C=O) groups is 1. The maximum Gasteiger partial charge on any atom is 0.335 e. The fourth-order valence-corrected chi connectivity index (χ4v) is 3.77. The summed E-state index contributed by atoms with van der Waals surface area (Å²) in [6.07, 6.45) is 5.91. The molecule has 0 aliphatic rings. The monoisotopic (exact) mass is 478 g/mol. The number of carboxylic acids is 1. The van der Waals surface area contributed by atoms with E-state index in [1.54, 1.807) is 24.3 Å². The maximum absolute atomic E-state index is 10.9. The van der Waals surface area contributed by atoms with E-state index in [4.69, 9.17) is 38.0 Å². The molecule has 0 atom stereocenters. The lowest BCUT2D eigenvalue weighted by Gasteiger charge is -2.06. The summed E-state index contributed by atoms with van der Waals surface area (Å²) >= 11 is 12.4. The van der Waals surface area contributed by atoms with Gasteiger partial charge in [0.05, 0.1) is 16.3 Å². The van der Waals surface area contributed by atoms with Crippen LogP contribution in [0, 0.1) is 0 Å². The lowest BCUT2D eigenvalue weighted by Crippen LogP contribution is -1.95. The number of rotatable bonds is 7. The first-order valence-electron chi connectivity index (χ1n) is 10.2. The molecule has 7 heteroatoms. The second-order valence-electron chi connectivity index (χ2n) is 7.23. The molecule has 3 aromatic carbocycles. The van der Waals surface area contributed by atoms with E-state index in [-0.39, 0.29) is 5.56 Å². The fraction of sp³-hybridized carbons (Fsp3) is 0.0769. The van der Waals surface area contributed by atoms with E-state index in [0.29, 0.717) is 21.5 Å². The van der Waals surface area contributed by atoms with E-state index >= 15 is 0 Å². The van der Waals surface area contributed by atoms with Crippen LogP contribution < -0.4 is 4.74 Å². The molecule has 166 valence electrons. The minimum atomic E-state index is -0.968. The lowest BCUT2D eigenvalue weighted by atomic mass is 10.2. The van der Waals surface area contributed by atoms with Gasteiger partial charge in [0.2, 0.25) is 0 Å². The highest BCUT2D eigenvalue weighted by molar-refractivity contribution is 6.36. The Morgan fingerprint density at radius 2 is 1.67 bits per heavy atom. The zero-order valence-corrected chi connectivity index (χ0v) is 19.2. The molecule has 33 heavy (non-hydrogen) atoms. The van der Waals surface area contributed by atoms with Crippen LogP contribution in [0.15, 0.2) is 72.9 Å². The molecule has 0 fully saturated rings.